The summed E-state index contributed by atoms with van der Waals surface area (Å²) in [6, 6.07) is 28.2. The van der Waals surface area contributed by atoms with E-state index in [0.717, 1.165) is 48.1 Å². The van der Waals surface area contributed by atoms with Crippen LogP contribution in [0.1, 0.15) is 41.1 Å². The van der Waals surface area contributed by atoms with Crippen molar-refractivity contribution in [3.8, 4) is 5.75 Å². The van der Waals surface area contributed by atoms with Gasteiger partial charge in [0.25, 0.3) is 0 Å². The number of amides is 2. The van der Waals surface area contributed by atoms with Gasteiger partial charge in [-0.1, -0.05) is 66.7 Å². The Morgan fingerprint density at radius 2 is 1.68 bits per heavy atom. The Labute approximate surface area is 215 Å². The maximum Gasteiger partial charge on any atom is 0.322 e. The number of urea groups is 1. The number of nitrogens with zero attached hydrogens (tertiary/aromatic N) is 1. The van der Waals surface area contributed by atoms with Gasteiger partial charge in [0.05, 0.1) is 11.7 Å². The van der Waals surface area contributed by atoms with Crippen molar-refractivity contribution in [1.29, 1.82) is 0 Å². The lowest BCUT2D eigenvalue weighted by Gasteiger charge is -2.36. The van der Waals surface area contributed by atoms with Gasteiger partial charge in [0.1, 0.15) is 24.0 Å². The highest BCUT2D eigenvalue weighted by Crippen LogP contribution is 2.36. The third kappa shape index (κ3) is 5.97. The average Bonchev–Trinajstić information content (AvgIpc) is 2.93. The molecule has 4 aromatic carbocycles. The predicted octanol–water partition coefficient (Wildman–Crippen LogP) is 7.66. The van der Waals surface area contributed by atoms with Gasteiger partial charge in [0, 0.05) is 12.6 Å². The smallest absolute Gasteiger partial charge is 0.322 e. The third-order valence-corrected chi connectivity index (χ3v) is 6.65. The first-order chi connectivity index (χ1) is 18.1. The van der Waals surface area contributed by atoms with Crippen LogP contribution in [-0.2, 0) is 19.6 Å². The first-order valence-electron chi connectivity index (χ1n) is 12.4. The number of carbonyl (C=O) groups is 1. The zero-order chi connectivity index (χ0) is 25.6. The van der Waals surface area contributed by atoms with Gasteiger partial charge in [-0.2, -0.15) is 0 Å². The van der Waals surface area contributed by atoms with E-state index in [9.17, 15) is 13.6 Å². The molecular formula is C31H28F2N2O2. The van der Waals surface area contributed by atoms with Crippen LogP contribution in [0.4, 0.5) is 19.3 Å². The maximum absolute atomic E-state index is 14.4. The Hall–Kier alpha value is -4.19. The van der Waals surface area contributed by atoms with E-state index in [1.807, 2.05) is 66.7 Å². The Kier molecular flexibility index (Phi) is 7.45. The molecule has 0 aromatic heterocycles. The Balaban J connectivity index is 1.41. The van der Waals surface area contributed by atoms with Crippen molar-refractivity contribution in [2.24, 2.45) is 0 Å². The van der Waals surface area contributed by atoms with Gasteiger partial charge < -0.3 is 15.0 Å². The molecule has 0 bridgehead atoms. The summed E-state index contributed by atoms with van der Waals surface area (Å²) in [7, 11) is 0. The van der Waals surface area contributed by atoms with E-state index in [2.05, 4.69) is 17.4 Å². The van der Waals surface area contributed by atoms with Crippen LogP contribution in [-0.4, -0.2) is 10.9 Å². The summed E-state index contributed by atoms with van der Waals surface area (Å²) >= 11 is 0. The third-order valence-electron chi connectivity index (χ3n) is 6.65. The zero-order valence-electron chi connectivity index (χ0n) is 20.4. The van der Waals surface area contributed by atoms with Crippen LogP contribution in [0.2, 0.25) is 0 Å². The molecule has 1 unspecified atom stereocenters. The number of ether oxygens (including phenoxy) is 1. The van der Waals surface area contributed by atoms with Crippen LogP contribution in [0.5, 0.6) is 5.75 Å². The van der Waals surface area contributed by atoms with Crippen molar-refractivity contribution in [3.63, 3.8) is 0 Å². The number of halogens is 2. The van der Waals surface area contributed by atoms with Crippen LogP contribution in [0.15, 0.2) is 97.1 Å². The zero-order valence-corrected chi connectivity index (χ0v) is 20.4. The molecular weight excluding hydrogens is 470 g/mol. The summed E-state index contributed by atoms with van der Waals surface area (Å²) in [6.07, 6.45) is 2.69. The van der Waals surface area contributed by atoms with E-state index in [1.54, 1.807) is 4.90 Å². The second-order valence-electron chi connectivity index (χ2n) is 9.21. The lowest BCUT2D eigenvalue weighted by Crippen LogP contribution is -2.39. The molecule has 0 heterocycles. The fraction of sp³-hybridized carbons (Fsp3) is 0.194. The molecule has 4 aromatic rings. The van der Waals surface area contributed by atoms with Crippen molar-refractivity contribution in [2.45, 2.75) is 38.5 Å². The molecule has 0 saturated heterocycles. The van der Waals surface area contributed by atoms with Crippen LogP contribution in [0.3, 0.4) is 0 Å². The molecule has 1 aliphatic carbocycles. The molecule has 0 spiro atoms. The summed E-state index contributed by atoms with van der Waals surface area (Å²) in [4.78, 5) is 15.3. The molecule has 1 atom stereocenters. The molecule has 188 valence electrons. The van der Waals surface area contributed by atoms with E-state index >= 15 is 0 Å². The largest absolute Gasteiger partial charge is 0.489 e. The predicted molar refractivity (Wildman–Crippen MR) is 140 cm³/mol. The number of hydrogen-bond acceptors (Lipinski definition) is 2. The second-order valence-corrected chi connectivity index (χ2v) is 9.21. The number of rotatable bonds is 7. The molecule has 1 N–H and O–H groups in total. The number of hydrogen-bond donors (Lipinski definition) is 1. The molecule has 1 aliphatic rings. The highest BCUT2D eigenvalue weighted by atomic mass is 19.1. The minimum Gasteiger partial charge on any atom is -0.489 e. The van der Waals surface area contributed by atoms with E-state index < -0.39 is 17.7 Å². The summed E-state index contributed by atoms with van der Waals surface area (Å²) in [5.41, 5.74) is 4.21. The molecule has 2 amide bonds. The van der Waals surface area contributed by atoms with E-state index in [-0.39, 0.29) is 11.7 Å². The molecule has 6 heteroatoms. The minimum atomic E-state index is -0.811. The summed E-state index contributed by atoms with van der Waals surface area (Å²) < 4.78 is 33.8. The quantitative estimate of drug-likeness (QED) is 0.284. The molecule has 5 rings (SSSR count). The van der Waals surface area contributed by atoms with E-state index in [1.165, 1.54) is 11.6 Å². The summed E-state index contributed by atoms with van der Waals surface area (Å²) in [5.74, 6) is -0.801. The number of anilines is 1. The van der Waals surface area contributed by atoms with Crippen molar-refractivity contribution < 1.29 is 18.3 Å². The Bertz CT molecular complexity index is 1380. The molecule has 4 nitrogen and oxygen atoms in total. The van der Waals surface area contributed by atoms with Gasteiger partial charge in [-0.3, -0.25) is 0 Å². The second kappa shape index (κ2) is 11.2. The first kappa shape index (κ1) is 24.5. The van der Waals surface area contributed by atoms with Crippen molar-refractivity contribution in [2.75, 3.05) is 5.32 Å². The SMILES string of the molecule is O=C(Nc1ccc(F)cc1F)N(Cc1cccc(OCc2ccccc2)c1)C1CCCc2ccccc21. The molecule has 37 heavy (non-hydrogen) atoms. The molecule has 0 aliphatic heterocycles. The fourth-order valence-electron chi connectivity index (χ4n) is 4.82. The van der Waals surface area contributed by atoms with Gasteiger partial charge in [0.15, 0.2) is 0 Å². The number of aryl methyl sites for hydroxylation is 1. The van der Waals surface area contributed by atoms with Gasteiger partial charge in [-0.15, -0.1) is 0 Å². The lowest BCUT2D eigenvalue weighted by atomic mass is 9.86. The van der Waals surface area contributed by atoms with Crippen LogP contribution in [0, 0.1) is 11.6 Å². The van der Waals surface area contributed by atoms with Gasteiger partial charge in [0.2, 0.25) is 0 Å². The number of fused-ring (bicyclic) bond motifs is 1. The highest BCUT2D eigenvalue weighted by Gasteiger charge is 2.30. The first-order valence-corrected chi connectivity index (χ1v) is 12.4. The summed E-state index contributed by atoms with van der Waals surface area (Å²) in [5, 5.41) is 2.66. The highest BCUT2D eigenvalue weighted by molar-refractivity contribution is 5.89. The van der Waals surface area contributed by atoms with Crippen LogP contribution < -0.4 is 10.1 Å². The summed E-state index contributed by atoms with van der Waals surface area (Å²) in [6.45, 7) is 0.741. The van der Waals surface area contributed by atoms with E-state index in [0.29, 0.717) is 18.9 Å². The van der Waals surface area contributed by atoms with Crippen LogP contribution >= 0.6 is 0 Å². The standard InChI is InChI=1S/C31H28F2N2O2/c32-25-16-17-29(28(33)19-25)34-31(36)35(30-15-7-12-24-11-4-5-14-27(24)30)20-23-10-6-13-26(18-23)37-21-22-8-2-1-3-9-22/h1-6,8-11,13-14,16-19,30H,7,12,15,20-21H2,(H,34,36). The topological polar surface area (TPSA) is 41.6 Å². The Morgan fingerprint density at radius 1 is 0.892 bits per heavy atom. The van der Waals surface area contributed by atoms with Crippen LogP contribution in [0.25, 0.3) is 0 Å². The van der Waals surface area contributed by atoms with Crippen molar-refractivity contribution in [1.82, 2.24) is 4.90 Å². The number of carbonyl (C=O) groups excluding carboxylic acids is 1. The van der Waals surface area contributed by atoms with Gasteiger partial charge >= 0.3 is 6.03 Å². The van der Waals surface area contributed by atoms with Crippen molar-refractivity contribution >= 4 is 11.7 Å². The van der Waals surface area contributed by atoms with Crippen molar-refractivity contribution in [3.05, 3.63) is 131 Å². The van der Waals surface area contributed by atoms with E-state index in [4.69, 9.17) is 4.74 Å². The molecule has 0 fully saturated rings. The molecule has 0 saturated carbocycles. The van der Waals surface area contributed by atoms with Gasteiger partial charge in [-0.25, -0.2) is 13.6 Å². The average molecular weight is 499 g/mol. The monoisotopic (exact) mass is 498 g/mol. The fourth-order valence-corrected chi connectivity index (χ4v) is 4.82. The Morgan fingerprint density at radius 3 is 2.51 bits per heavy atom. The normalized spacial score (nSPS) is 14.5. The number of benzene rings is 4. The molecule has 0 radical (unpaired) electrons. The maximum atomic E-state index is 14.4. The minimum absolute atomic E-state index is 0.0551. The van der Waals surface area contributed by atoms with Gasteiger partial charge in [-0.05, 0) is 65.8 Å². The lowest BCUT2D eigenvalue weighted by molar-refractivity contribution is 0.175. The number of nitrogens with one attached hydrogen (secondary N) is 1.